The van der Waals surface area contributed by atoms with Gasteiger partial charge >= 0.3 is 0 Å². The average Bonchev–Trinajstić information content (AvgIpc) is 3.32. The molecule has 134 valence electrons. The van der Waals surface area contributed by atoms with Gasteiger partial charge in [0.2, 0.25) is 17.7 Å². The summed E-state index contributed by atoms with van der Waals surface area (Å²) in [6.07, 6.45) is 2.32. The smallest absolute Gasteiger partial charge is 0.241 e. The Hall–Kier alpha value is -2.41. The van der Waals surface area contributed by atoms with Gasteiger partial charge in [0.05, 0.1) is 24.5 Å². The molecule has 25 heavy (non-hydrogen) atoms. The number of carbonyl (C=O) groups is 3. The molecule has 2 N–H and O–H groups in total. The van der Waals surface area contributed by atoms with Crippen LogP contribution in [0.4, 0.5) is 11.4 Å². The predicted octanol–water partition coefficient (Wildman–Crippen LogP) is 0.961. The third kappa shape index (κ3) is 4.36. The van der Waals surface area contributed by atoms with Gasteiger partial charge in [-0.15, -0.1) is 0 Å². The van der Waals surface area contributed by atoms with Gasteiger partial charge in [-0.25, -0.2) is 0 Å². The Bertz CT molecular complexity index is 687. The van der Waals surface area contributed by atoms with E-state index in [1.54, 1.807) is 22.9 Å². The topological polar surface area (TPSA) is 81.8 Å². The molecule has 1 aromatic rings. The molecule has 7 nitrogen and oxygen atoms in total. The summed E-state index contributed by atoms with van der Waals surface area (Å²) in [6, 6.07) is 7.35. The molecule has 0 spiro atoms. The summed E-state index contributed by atoms with van der Waals surface area (Å²) >= 11 is 0. The zero-order chi connectivity index (χ0) is 18.0. The number of nitrogens with zero attached hydrogens (tertiary/aromatic N) is 2. The molecule has 1 heterocycles. The number of anilines is 2. The first-order chi connectivity index (χ1) is 11.9. The maximum absolute atomic E-state index is 12.9. The summed E-state index contributed by atoms with van der Waals surface area (Å²) in [7, 11) is 1.75. The van der Waals surface area contributed by atoms with Crippen molar-refractivity contribution in [3.8, 4) is 0 Å². The Balaban J connectivity index is 1.69. The minimum atomic E-state index is -0.246. The van der Waals surface area contributed by atoms with E-state index in [-0.39, 0.29) is 43.3 Å². The molecule has 0 saturated heterocycles. The van der Waals surface area contributed by atoms with Crippen molar-refractivity contribution in [3.05, 3.63) is 24.3 Å². The molecule has 7 heteroatoms. The van der Waals surface area contributed by atoms with E-state index in [0.717, 1.165) is 12.8 Å². The molecule has 1 aromatic carbocycles. The monoisotopic (exact) mass is 344 g/mol. The van der Waals surface area contributed by atoms with Gasteiger partial charge in [0.15, 0.2) is 0 Å². The fraction of sp³-hybridized carbons (Fsp3) is 0.500. The van der Waals surface area contributed by atoms with Crippen molar-refractivity contribution in [3.63, 3.8) is 0 Å². The van der Waals surface area contributed by atoms with Crippen molar-refractivity contribution in [1.29, 1.82) is 0 Å². The molecule has 1 aliphatic carbocycles. The molecular weight excluding hydrogens is 320 g/mol. The molecule has 0 bridgehead atoms. The highest BCUT2D eigenvalue weighted by Crippen LogP contribution is 2.31. The first-order valence-electron chi connectivity index (χ1n) is 8.63. The molecule has 2 aliphatic rings. The molecule has 0 radical (unpaired) electrons. The maximum atomic E-state index is 12.9. The van der Waals surface area contributed by atoms with Gasteiger partial charge in [-0.1, -0.05) is 12.1 Å². The highest BCUT2D eigenvalue weighted by molar-refractivity contribution is 6.05. The van der Waals surface area contributed by atoms with Crippen molar-refractivity contribution in [2.75, 3.05) is 30.4 Å². The van der Waals surface area contributed by atoms with E-state index in [1.165, 1.54) is 0 Å². The lowest BCUT2D eigenvalue weighted by atomic mass is 10.1. The van der Waals surface area contributed by atoms with Gasteiger partial charge in [-0.2, -0.15) is 0 Å². The number of fused-ring (bicyclic) bond motifs is 1. The van der Waals surface area contributed by atoms with Crippen LogP contribution < -0.4 is 15.5 Å². The van der Waals surface area contributed by atoms with E-state index in [9.17, 15) is 14.4 Å². The third-order valence-electron chi connectivity index (χ3n) is 4.39. The van der Waals surface area contributed by atoms with Crippen LogP contribution in [0.25, 0.3) is 0 Å². The first kappa shape index (κ1) is 17.4. The number of carbonyl (C=O) groups excluding carboxylic acids is 3. The fourth-order valence-electron chi connectivity index (χ4n) is 3.08. The zero-order valence-corrected chi connectivity index (χ0v) is 14.6. The van der Waals surface area contributed by atoms with Gasteiger partial charge in [0.1, 0.15) is 0 Å². The van der Waals surface area contributed by atoms with E-state index in [0.29, 0.717) is 17.4 Å². The van der Waals surface area contributed by atoms with Crippen molar-refractivity contribution in [1.82, 2.24) is 10.2 Å². The Morgan fingerprint density at radius 2 is 2.00 bits per heavy atom. The number of nitrogens with one attached hydrogen (secondary N) is 2. The summed E-state index contributed by atoms with van der Waals surface area (Å²) in [5.41, 5.74) is 1.33. The van der Waals surface area contributed by atoms with Crippen molar-refractivity contribution >= 4 is 29.1 Å². The summed E-state index contributed by atoms with van der Waals surface area (Å²) in [5.74, 6) is -0.287. The van der Waals surface area contributed by atoms with Crippen LogP contribution in [0, 0.1) is 0 Å². The standard InChI is InChI=1S/C18H24N4O3/c1-12-9-16(23)20-14-5-3-4-6-15(14)22(12)18(25)11-21(2)10-17(24)19-13-7-8-13/h3-6,12-13H,7-11H2,1-2H3,(H,19,24)(H,20,23)/t12-/m1/s1. The number of rotatable bonds is 5. The van der Waals surface area contributed by atoms with Gasteiger partial charge in [0, 0.05) is 18.5 Å². The molecule has 3 amide bonds. The molecule has 0 unspecified atom stereocenters. The van der Waals surface area contributed by atoms with E-state index in [2.05, 4.69) is 10.6 Å². The Kier molecular flexibility index (Phi) is 5.03. The number of likely N-dealkylation sites (N-methyl/N-ethyl adjacent to an activating group) is 1. The van der Waals surface area contributed by atoms with E-state index < -0.39 is 0 Å². The molecular formula is C18H24N4O3. The molecule has 1 saturated carbocycles. The fourth-order valence-corrected chi connectivity index (χ4v) is 3.08. The Morgan fingerprint density at radius 3 is 2.72 bits per heavy atom. The number of para-hydroxylation sites is 2. The normalized spacial score (nSPS) is 19.9. The largest absolute Gasteiger partial charge is 0.352 e. The van der Waals surface area contributed by atoms with Crippen LogP contribution in [0.5, 0.6) is 0 Å². The van der Waals surface area contributed by atoms with Crippen molar-refractivity contribution in [2.24, 2.45) is 0 Å². The van der Waals surface area contributed by atoms with Crippen LogP contribution in [-0.2, 0) is 14.4 Å². The number of hydrogen-bond acceptors (Lipinski definition) is 4. The highest BCUT2D eigenvalue weighted by atomic mass is 16.2. The van der Waals surface area contributed by atoms with Crippen LogP contribution in [0.1, 0.15) is 26.2 Å². The molecule has 1 aliphatic heterocycles. The van der Waals surface area contributed by atoms with Crippen LogP contribution in [0.2, 0.25) is 0 Å². The summed E-state index contributed by atoms with van der Waals surface area (Å²) in [6.45, 7) is 2.16. The average molecular weight is 344 g/mol. The summed E-state index contributed by atoms with van der Waals surface area (Å²) in [4.78, 5) is 40.1. The van der Waals surface area contributed by atoms with E-state index in [4.69, 9.17) is 0 Å². The Labute approximate surface area is 147 Å². The summed E-state index contributed by atoms with van der Waals surface area (Å²) in [5, 5.41) is 5.76. The van der Waals surface area contributed by atoms with E-state index >= 15 is 0 Å². The summed E-state index contributed by atoms with van der Waals surface area (Å²) < 4.78 is 0. The molecule has 1 atom stereocenters. The van der Waals surface area contributed by atoms with Crippen molar-refractivity contribution in [2.45, 2.75) is 38.3 Å². The number of hydrogen-bond donors (Lipinski definition) is 2. The number of amides is 3. The second kappa shape index (κ2) is 7.23. The van der Waals surface area contributed by atoms with Crippen LogP contribution in [-0.4, -0.2) is 54.8 Å². The highest BCUT2D eigenvalue weighted by Gasteiger charge is 2.30. The van der Waals surface area contributed by atoms with E-state index in [1.807, 2.05) is 25.1 Å². The van der Waals surface area contributed by atoms with Gasteiger partial charge in [-0.05, 0) is 38.9 Å². The number of benzene rings is 1. The minimum absolute atomic E-state index is 0.0565. The predicted molar refractivity (Wildman–Crippen MR) is 95.3 cm³/mol. The molecule has 0 aromatic heterocycles. The lowest BCUT2D eigenvalue weighted by molar-refractivity contribution is -0.123. The van der Waals surface area contributed by atoms with Gasteiger partial charge in [-0.3, -0.25) is 19.3 Å². The van der Waals surface area contributed by atoms with Crippen LogP contribution in [0.15, 0.2) is 24.3 Å². The second-order valence-corrected chi connectivity index (χ2v) is 6.90. The quantitative estimate of drug-likeness (QED) is 0.834. The van der Waals surface area contributed by atoms with Crippen molar-refractivity contribution < 1.29 is 14.4 Å². The SMILES string of the molecule is C[C@@H]1CC(=O)Nc2ccccc2N1C(=O)CN(C)CC(=O)NC1CC1. The zero-order valence-electron chi connectivity index (χ0n) is 14.6. The lowest BCUT2D eigenvalue weighted by Gasteiger charge is -2.29. The lowest BCUT2D eigenvalue weighted by Crippen LogP contribution is -2.46. The van der Waals surface area contributed by atoms with Crippen LogP contribution in [0.3, 0.4) is 0 Å². The third-order valence-corrected chi connectivity index (χ3v) is 4.39. The van der Waals surface area contributed by atoms with Gasteiger partial charge < -0.3 is 15.5 Å². The molecule has 3 rings (SSSR count). The first-order valence-corrected chi connectivity index (χ1v) is 8.63. The minimum Gasteiger partial charge on any atom is -0.352 e. The molecule has 1 fully saturated rings. The maximum Gasteiger partial charge on any atom is 0.241 e. The second-order valence-electron chi connectivity index (χ2n) is 6.90. The Morgan fingerprint density at radius 1 is 1.28 bits per heavy atom. The van der Waals surface area contributed by atoms with Gasteiger partial charge in [0.25, 0.3) is 0 Å². The van der Waals surface area contributed by atoms with Crippen LogP contribution >= 0.6 is 0 Å².